The SMILES string of the molecule is CC.CCN(C)C.NNCCCN1CCOCC1. The van der Waals surface area contributed by atoms with Crippen LogP contribution in [0.25, 0.3) is 0 Å². The van der Waals surface area contributed by atoms with Crippen LogP contribution in [0.1, 0.15) is 27.2 Å². The second-order valence-corrected chi connectivity index (χ2v) is 4.16. The Morgan fingerprint density at radius 1 is 1.22 bits per heavy atom. The lowest BCUT2D eigenvalue weighted by molar-refractivity contribution is 0.0375. The van der Waals surface area contributed by atoms with Gasteiger partial charge in [0.15, 0.2) is 0 Å². The number of hydrazine groups is 1. The topological polar surface area (TPSA) is 53.8 Å². The number of nitrogens with one attached hydrogen (secondary N) is 1. The van der Waals surface area contributed by atoms with Crippen LogP contribution in [0.2, 0.25) is 0 Å². The molecule has 0 aromatic rings. The molecule has 1 fully saturated rings. The quantitative estimate of drug-likeness (QED) is 0.435. The van der Waals surface area contributed by atoms with E-state index in [0.717, 1.165) is 52.4 Å². The van der Waals surface area contributed by atoms with Gasteiger partial charge < -0.3 is 9.64 Å². The second kappa shape index (κ2) is 16.8. The zero-order chi connectivity index (χ0) is 14.2. The van der Waals surface area contributed by atoms with Crippen LogP contribution >= 0.6 is 0 Å². The van der Waals surface area contributed by atoms with Crippen LogP contribution in [-0.4, -0.2) is 69.8 Å². The van der Waals surface area contributed by atoms with Crippen molar-refractivity contribution in [3.05, 3.63) is 0 Å². The van der Waals surface area contributed by atoms with Crippen molar-refractivity contribution in [1.29, 1.82) is 0 Å². The van der Waals surface area contributed by atoms with E-state index in [1.165, 1.54) is 0 Å². The summed E-state index contributed by atoms with van der Waals surface area (Å²) in [6.45, 7) is 13.2. The smallest absolute Gasteiger partial charge is 0.0594 e. The normalized spacial score (nSPS) is 15.5. The fourth-order valence-electron chi connectivity index (χ4n) is 1.23. The van der Waals surface area contributed by atoms with E-state index in [0.29, 0.717) is 0 Å². The van der Waals surface area contributed by atoms with Gasteiger partial charge in [-0.1, -0.05) is 20.8 Å². The molecular formula is C13H34N4O. The van der Waals surface area contributed by atoms with Gasteiger partial charge >= 0.3 is 0 Å². The number of hydrogen-bond acceptors (Lipinski definition) is 5. The van der Waals surface area contributed by atoms with Gasteiger partial charge in [0.2, 0.25) is 0 Å². The summed E-state index contributed by atoms with van der Waals surface area (Å²) in [7, 11) is 4.11. The van der Waals surface area contributed by atoms with Crippen LogP contribution in [0.5, 0.6) is 0 Å². The molecule has 1 aliphatic heterocycles. The molecule has 3 N–H and O–H groups in total. The van der Waals surface area contributed by atoms with Crippen LogP contribution in [0.3, 0.4) is 0 Å². The van der Waals surface area contributed by atoms with E-state index in [4.69, 9.17) is 10.6 Å². The van der Waals surface area contributed by atoms with E-state index >= 15 is 0 Å². The zero-order valence-corrected chi connectivity index (χ0v) is 13.0. The van der Waals surface area contributed by atoms with Crippen molar-refractivity contribution in [2.75, 3.05) is 60.0 Å². The number of nitrogens with zero attached hydrogens (tertiary/aromatic N) is 2. The average Bonchev–Trinajstić information content (AvgIpc) is 2.43. The van der Waals surface area contributed by atoms with Gasteiger partial charge in [-0.15, -0.1) is 0 Å². The van der Waals surface area contributed by atoms with Gasteiger partial charge in [0.05, 0.1) is 13.2 Å². The van der Waals surface area contributed by atoms with Crippen LogP contribution in [-0.2, 0) is 4.74 Å². The lowest BCUT2D eigenvalue weighted by Crippen LogP contribution is -2.38. The third-order valence-electron chi connectivity index (χ3n) is 2.53. The Hall–Kier alpha value is -0.200. The summed E-state index contributed by atoms with van der Waals surface area (Å²) in [5.74, 6) is 5.15. The maximum Gasteiger partial charge on any atom is 0.0594 e. The highest BCUT2D eigenvalue weighted by molar-refractivity contribution is 4.61. The third-order valence-corrected chi connectivity index (χ3v) is 2.53. The highest BCUT2D eigenvalue weighted by Crippen LogP contribution is 1.96. The Labute approximate surface area is 114 Å². The molecule has 0 atom stereocenters. The Balaban J connectivity index is 0. The molecule has 0 saturated carbocycles. The average molecular weight is 262 g/mol. The molecule has 5 heteroatoms. The highest BCUT2D eigenvalue weighted by atomic mass is 16.5. The Morgan fingerprint density at radius 3 is 2.11 bits per heavy atom. The Kier molecular flexibility index (Phi) is 18.8. The molecular weight excluding hydrogens is 228 g/mol. The molecule has 18 heavy (non-hydrogen) atoms. The van der Waals surface area contributed by atoms with Gasteiger partial charge in [-0.3, -0.25) is 16.2 Å². The number of ether oxygens (including phenoxy) is 1. The molecule has 0 aromatic heterocycles. The van der Waals surface area contributed by atoms with Gasteiger partial charge in [-0.2, -0.15) is 0 Å². The standard InChI is InChI=1S/C7H17N3O.C4H11N.C2H6/c8-9-2-1-3-10-4-6-11-7-5-10;1-4-5(2)3;1-2/h9H,1-8H2;4H2,1-3H3;1-2H3. The molecule has 0 aliphatic carbocycles. The summed E-state index contributed by atoms with van der Waals surface area (Å²) in [5.41, 5.74) is 2.65. The van der Waals surface area contributed by atoms with E-state index < -0.39 is 0 Å². The van der Waals surface area contributed by atoms with Crippen molar-refractivity contribution in [3.8, 4) is 0 Å². The molecule has 1 saturated heterocycles. The first kappa shape index (κ1) is 20.1. The Morgan fingerprint density at radius 2 is 1.72 bits per heavy atom. The fourth-order valence-corrected chi connectivity index (χ4v) is 1.23. The first-order chi connectivity index (χ1) is 8.70. The molecule has 0 aromatic carbocycles. The van der Waals surface area contributed by atoms with Crippen molar-refractivity contribution >= 4 is 0 Å². The van der Waals surface area contributed by atoms with Crippen LogP contribution in [0.4, 0.5) is 0 Å². The van der Waals surface area contributed by atoms with E-state index in [1.54, 1.807) is 0 Å². The van der Waals surface area contributed by atoms with Gasteiger partial charge in [0.1, 0.15) is 0 Å². The van der Waals surface area contributed by atoms with Gasteiger partial charge in [-0.05, 0) is 33.6 Å². The summed E-state index contributed by atoms with van der Waals surface area (Å²) in [6, 6.07) is 0. The number of morpholine rings is 1. The zero-order valence-electron chi connectivity index (χ0n) is 13.0. The third kappa shape index (κ3) is 15.8. The second-order valence-electron chi connectivity index (χ2n) is 4.16. The minimum atomic E-state index is 0.885. The summed E-state index contributed by atoms with van der Waals surface area (Å²) in [5, 5.41) is 0. The molecule has 1 rings (SSSR count). The lowest BCUT2D eigenvalue weighted by Gasteiger charge is -2.26. The van der Waals surface area contributed by atoms with Gasteiger partial charge in [0, 0.05) is 19.6 Å². The fraction of sp³-hybridized carbons (Fsp3) is 1.00. The van der Waals surface area contributed by atoms with Crippen LogP contribution in [0, 0.1) is 0 Å². The lowest BCUT2D eigenvalue weighted by atomic mass is 10.3. The predicted octanol–water partition coefficient (Wildman–Crippen LogP) is 0.766. The molecule has 0 amide bonds. The van der Waals surface area contributed by atoms with Crippen molar-refractivity contribution in [2.24, 2.45) is 5.84 Å². The van der Waals surface area contributed by atoms with E-state index in [-0.39, 0.29) is 0 Å². The number of hydrogen-bond donors (Lipinski definition) is 2. The summed E-state index contributed by atoms with van der Waals surface area (Å²) >= 11 is 0. The summed E-state index contributed by atoms with van der Waals surface area (Å²) < 4.78 is 5.22. The van der Waals surface area contributed by atoms with Crippen molar-refractivity contribution < 1.29 is 4.74 Å². The Bertz CT molecular complexity index is 139. The van der Waals surface area contributed by atoms with Crippen molar-refractivity contribution in [3.63, 3.8) is 0 Å². The predicted molar refractivity (Wildman–Crippen MR) is 79.6 cm³/mol. The van der Waals surface area contributed by atoms with Gasteiger partial charge in [0.25, 0.3) is 0 Å². The summed E-state index contributed by atoms with van der Waals surface area (Å²) in [4.78, 5) is 4.53. The molecule has 0 unspecified atom stereocenters. The first-order valence-corrected chi connectivity index (χ1v) is 7.09. The monoisotopic (exact) mass is 262 g/mol. The minimum Gasteiger partial charge on any atom is -0.379 e. The van der Waals surface area contributed by atoms with E-state index in [2.05, 4.69) is 36.2 Å². The van der Waals surface area contributed by atoms with Crippen LogP contribution < -0.4 is 11.3 Å². The van der Waals surface area contributed by atoms with Gasteiger partial charge in [-0.25, -0.2) is 0 Å². The van der Waals surface area contributed by atoms with Crippen molar-refractivity contribution in [1.82, 2.24) is 15.2 Å². The first-order valence-electron chi connectivity index (χ1n) is 7.09. The molecule has 0 radical (unpaired) electrons. The molecule has 112 valence electrons. The van der Waals surface area contributed by atoms with Crippen LogP contribution in [0.15, 0.2) is 0 Å². The van der Waals surface area contributed by atoms with E-state index in [9.17, 15) is 0 Å². The highest BCUT2D eigenvalue weighted by Gasteiger charge is 2.08. The number of nitrogens with two attached hydrogens (primary N) is 1. The molecule has 1 heterocycles. The van der Waals surface area contributed by atoms with E-state index in [1.807, 2.05) is 13.8 Å². The van der Waals surface area contributed by atoms with Crippen molar-refractivity contribution in [2.45, 2.75) is 27.2 Å². The summed E-state index contributed by atoms with van der Waals surface area (Å²) in [6.07, 6.45) is 1.12. The molecule has 1 aliphatic rings. The molecule has 0 bridgehead atoms. The molecule has 5 nitrogen and oxygen atoms in total. The maximum absolute atomic E-state index is 5.22. The number of rotatable bonds is 5. The minimum absolute atomic E-state index is 0.885. The maximum atomic E-state index is 5.22. The largest absolute Gasteiger partial charge is 0.379 e. The molecule has 0 spiro atoms.